The number of carbonyl (C=O) groups is 2. The van der Waals surface area contributed by atoms with E-state index in [2.05, 4.69) is 9.98 Å². The van der Waals surface area contributed by atoms with Crippen LogP contribution in [0.2, 0.25) is 0 Å². The zero-order chi connectivity index (χ0) is 19.4. The number of nitrogens with zero attached hydrogens (tertiary/aromatic N) is 2. The molecular weight excluding hydrogens is 368 g/mol. The predicted molar refractivity (Wildman–Crippen MR) is 89.4 cm³/mol. The van der Waals surface area contributed by atoms with Gasteiger partial charge in [-0.15, -0.1) is 11.3 Å². The Morgan fingerprint density at radius 2 is 2.04 bits per heavy atom. The lowest BCUT2D eigenvalue weighted by atomic mass is 10.1. The van der Waals surface area contributed by atoms with E-state index in [9.17, 15) is 19.8 Å². The molecule has 144 valence electrons. The second-order valence-corrected chi connectivity index (χ2v) is 6.59. The van der Waals surface area contributed by atoms with Crippen molar-refractivity contribution in [3.8, 4) is 0 Å². The van der Waals surface area contributed by atoms with Gasteiger partial charge in [-0.3, -0.25) is 9.79 Å². The molecule has 1 aromatic heterocycles. The quantitative estimate of drug-likeness (QED) is 0.209. The van der Waals surface area contributed by atoms with Crippen molar-refractivity contribution in [3.05, 3.63) is 16.1 Å². The minimum atomic E-state index is -1.27. The van der Waals surface area contributed by atoms with Crippen LogP contribution in [0.1, 0.15) is 29.6 Å². The number of amides is 1. The molecule has 1 aromatic rings. The molecule has 26 heavy (non-hydrogen) atoms. The number of thiazole rings is 1. The molecule has 0 radical (unpaired) electrons. The summed E-state index contributed by atoms with van der Waals surface area (Å²) in [6, 6.07) is -1.25. The summed E-state index contributed by atoms with van der Waals surface area (Å²) in [7, 11) is 0. The fourth-order valence-corrected chi connectivity index (χ4v) is 3.28. The molecule has 12 heteroatoms. The summed E-state index contributed by atoms with van der Waals surface area (Å²) in [4.78, 5) is 30.0. The van der Waals surface area contributed by atoms with Crippen LogP contribution >= 0.6 is 11.3 Å². The highest BCUT2D eigenvalue weighted by Gasteiger charge is 2.44. The number of carbonyl (C=O) groups excluding carboxylic acids is 1. The number of aliphatic carboxylic acids is 1. The lowest BCUT2D eigenvalue weighted by Gasteiger charge is -2.11. The lowest BCUT2D eigenvalue weighted by molar-refractivity contribution is -0.138. The number of nitrogens with two attached hydrogens (primary N) is 2. The fourth-order valence-electron chi connectivity index (χ4n) is 2.40. The van der Waals surface area contributed by atoms with Gasteiger partial charge in [0.05, 0.1) is 6.61 Å². The van der Waals surface area contributed by atoms with E-state index in [-0.39, 0.29) is 24.4 Å². The molecule has 2 rings (SSSR count). The first-order chi connectivity index (χ1) is 12.2. The monoisotopic (exact) mass is 388 g/mol. The highest BCUT2D eigenvalue weighted by atomic mass is 32.1. The maximum Gasteiger partial charge on any atom is 0.328 e. The number of primary amides is 1. The molecule has 0 aromatic carbocycles. The van der Waals surface area contributed by atoms with Crippen LogP contribution in [0.25, 0.3) is 0 Å². The number of carboxylic acid groups (broad SMARTS) is 1. The number of carboxylic acids is 1. The van der Waals surface area contributed by atoms with Crippen LogP contribution in [0, 0.1) is 0 Å². The smallest absolute Gasteiger partial charge is 0.328 e. The molecule has 0 bridgehead atoms. The Morgan fingerprint density at radius 1 is 1.35 bits per heavy atom. The molecule has 0 aliphatic carbocycles. The standard InChI is InChI=1S/C14H20N4O7S/c15-8(20)2-1-5(14(23)24)17-12(16)6-4-26-13(18-6)11-10(22)9(21)7(3-19)25-11/h4-5,7,9-11,19,21-22H,1-3H2,(H2,15,20)(H2,16,17)(H,23,24). The normalized spacial score (nSPS) is 27.4. The van der Waals surface area contributed by atoms with E-state index in [1.165, 1.54) is 5.38 Å². The summed E-state index contributed by atoms with van der Waals surface area (Å²) in [5.74, 6) is -2.06. The van der Waals surface area contributed by atoms with Gasteiger partial charge in [0.1, 0.15) is 47.0 Å². The minimum absolute atomic E-state index is 0.100. The van der Waals surface area contributed by atoms with E-state index < -0.39 is 48.9 Å². The van der Waals surface area contributed by atoms with Crippen LogP contribution in [0.5, 0.6) is 0 Å². The Kier molecular flexibility index (Phi) is 6.61. The van der Waals surface area contributed by atoms with E-state index >= 15 is 0 Å². The van der Waals surface area contributed by atoms with Crippen molar-refractivity contribution >= 4 is 29.0 Å². The molecule has 1 aliphatic rings. The zero-order valence-electron chi connectivity index (χ0n) is 13.6. The van der Waals surface area contributed by atoms with Crippen molar-refractivity contribution in [2.45, 2.75) is 43.3 Å². The van der Waals surface area contributed by atoms with E-state index in [0.717, 1.165) is 11.3 Å². The Morgan fingerprint density at radius 3 is 2.58 bits per heavy atom. The molecule has 1 amide bonds. The Hall–Kier alpha value is -2.12. The second kappa shape index (κ2) is 8.51. The third-order valence-electron chi connectivity index (χ3n) is 3.81. The van der Waals surface area contributed by atoms with E-state index in [1.54, 1.807) is 0 Å². The maximum atomic E-state index is 11.2. The number of aliphatic hydroxyl groups is 3. The largest absolute Gasteiger partial charge is 0.480 e. The topological polar surface area (TPSA) is 202 Å². The number of aliphatic hydroxyl groups excluding tert-OH is 3. The molecule has 2 heterocycles. The molecule has 0 spiro atoms. The zero-order valence-corrected chi connectivity index (χ0v) is 14.4. The van der Waals surface area contributed by atoms with Gasteiger partial charge in [0.2, 0.25) is 5.91 Å². The Labute approximate surface area is 151 Å². The summed E-state index contributed by atoms with van der Waals surface area (Å²) in [6.45, 7) is -0.462. The summed E-state index contributed by atoms with van der Waals surface area (Å²) in [6.07, 6.45) is -4.66. The molecule has 1 fully saturated rings. The van der Waals surface area contributed by atoms with Gasteiger partial charge >= 0.3 is 5.97 Å². The molecule has 5 atom stereocenters. The van der Waals surface area contributed by atoms with Crippen LogP contribution in [0.3, 0.4) is 0 Å². The highest BCUT2D eigenvalue weighted by Crippen LogP contribution is 2.34. The van der Waals surface area contributed by atoms with Gasteiger partial charge in [-0.25, -0.2) is 9.78 Å². The first-order valence-corrected chi connectivity index (χ1v) is 8.55. The number of hydrogen-bond acceptors (Lipinski definition) is 9. The van der Waals surface area contributed by atoms with E-state index in [4.69, 9.17) is 26.4 Å². The number of hydrogen-bond donors (Lipinski definition) is 6. The summed E-state index contributed by atoms with van der Waals surface area (Å²) < 4.78 is 5.37. The van der Waals surface area contributed by atoms with Crippen molar-refractivity contribution in [3.63, 3.8) is 0 Å². The molecule has 0 saturated carbocycles. The molecule has 1 saturated heterocycles. The fraction of sp³-hybridized carbons (Fsp3) is 0.571. The second-order valence-electron chi connectivity index (χ2n) is 5.70. The highest BCUT2D eigenvalue weighted by molar-refractivity contribution is 7.09. The first kappa shape index (κ1) is 20.2. The number of amidine groups is 1. The summed E-state index contributed by atoms with van der Waals surface area (Å²) in [5, 5.41) is 39.8. The van der Waals surface area contributed by atoms with Crippen molar-refractivity contribution in [2.24, 2.45) is 16.5 Å². The van der Waals surface area contributed by atoms with Crippen molar-refractivity contribution < 1.29 is 34.8 Å². The molecule has 1 aliphatic heterocycles. The van der Waals surface area contributed by atoms with E-state index in [0.29, 0.717) is 5.01 Å². The molecule has 5 unspecified atom stereocenters. The minimum Gasteiger partial charge on any atom is -0.480 e. The number of aromatic nitrogens is 1. The predicted octanol–water partition coefficient (Wildman–Crippen LogP) is -2.28. The van der Waals surface area contributed by atoms with Crippen LogP contribution < -0.4 is 11.5 Å². The third-order valence-corrected chi connectivity index (χ3v) is 4.72. The van der Waals surface area contributed by atoms with Crippen molar-refractivity contribution in [1.82, 2.24) is 4.98 Å². The average Bonchev–Trinajstić information content (AvgIpc) is 3.17. The lowest BCUT2D eigenvalue weighted by Crippen LogP contribution is -2.32. The van der Waals surface area contributed by atoms with Crippen LogP contribution in [0.15, 0.2) is 10.4 Å². The van der Waals surface area contributed by atoms with Gasteiger partial charge in [-0.2, -0.15) is 0 Å². The van der Waals surface area contributed by atoms with Gasteiger partial charge in [0.15, 0.2) is 0 Å². The number of aliphatic imine (C=N–C) groups is 1. The SMILES string of the molecule is NC(=O)CCC(N=C(N)c1csc(C2OC(CO)C(O)C2O)n1)C(=O)O. The van der Waals surface area contributed by atoms with Crippen molar-refractivity contribution in [2.75, 3.05) is 6.61 Å². The molecular formula is C14H20N4O7S. The average molecular weight is 388 g/mol. The van der Waals surface area contributed by atoms with E-state index in [1.807, 2.05) is 0 Å². The van der Waals surface area contributed by atoms with Gasteiger partial charge in [0.25, 0.3) is 0 Å². The summed E-state index contributed by atoms with van der Waals surface area (Å²) in [5.41, 5.74) is 11.0. The van der Waals surface area contributed by atoms with Gasteiger partial charge < -0.3 is 36.6 Å². The third kappa shape index (κ3) is 4.53. The van der Waals surface area contributed by atoms with Crippen molar-refractivity contribution in [1.29, 1.82) is 0 Å². The first-order valence-electron chi connectivity index (χ1n) is 7.67. The Balaban J connectivity index is 2.14. The number of ether oxygens (including phenoxy) is 1. The molecule has 8 N–H and O–H groups in total. The Bertz CT molecular complexity index is 695. The molecule has 11 nitrogen and oxygen atoms in total. The maximum absolute atomic E-state index is 11.2. The van der Waals surface area contributed by atoms with Crippen LogP contribution in [0.4, 0.5) is 0 Å². The van der Waals surface area contributed by atoms with Gasteiger partial charge in [0, 0.05) is 11.8 Å². The van der Waals surface area contributed by atoms with Crippen LogP contribution in [-0.2, 0) is 14.3 Å². The van der Waals surface area contributed by atoms with Crippen LogP contribution in [-0.4, -0.2) is 74.1 Å². The van der Waals surface area contributed by atoms with Gasteiger partial charge in [-0.05, 0) is 6.42 Å². The van der Waals surface area contributed by atoms with Gasteiger partial charge in [-0.1, -0.05) is 0 Å². The summed E-state index contributed by atoms with van der Waals surface area (Å²) >= 11 is 1.08. The number of rotatable bonds is 8.